The van der Waals surface area contributed by atoms with Gasteiger partial charge in [0.25, 0.3) is 23.5 Å². The van der Waals surface area contributed by atoms with E-state index in [4.69, 9.17) is 24.5 Å². The molecule has 13 nitrogen and oxygen atoms in total. The zero-order valence-corrected chi connectivity index (χ0v) is 19.7. The van der Waals surface area contributed by atoms with Gasteiger partial charge in [-0.3, -0.25) is 14.3 Å². The Morgan fingerprint density at radius 1 is 1.17 bits per heavy atom. The maximum atomic E-state index is 12.9. The van der Waals surface area contributed by atoms with E-state index < -0.39 is 11.8 Å². The first-order valence-corrected chi connectivity index (χ1v) is 10.7. The number of methoxy groups -OCH3 is 1. The van der Waals surface area contributed by atoms with Crippen molar-refractivity contribution in [2.24, 2.45) is 12.8 Å². The Morgan fingerprint density at radius 3 is 2.61 bits per heavy atom. The first kappa shape index (κ1) is 24.3. The first-order chi connectivity index (χ1) is 17.3. The number of pyridine rings is 1. The van der Waals surface area contributed by atoms with Crippen molar-refractivity contribution >= 4 is 17.6 Å². The van der Waals surface area contributed by atoms with E-state index in [-0.39, 0.29) is 17.8 Å². The van der Waals surface area contributed by atoms with E-state index in [1.54, 1.807) is 61.4 Å². The largest absolute Gasteiger partial charge is 0.488 e. The normalized spacial score (nSPS) is 11.6. The molecule has 3 N–H and O–H groups in total. The van der Waals surface area contributed by atoms with Gasteiger partial charge in [0.05, 0.1) is 12.8 Å². The van der Waals surface area contributed by atoms with Crippen LogP contribution in [0.5, 0.6) is 17.2 Å². The molecule has 3 heterocycles. The predicted molar refractivity (Wildman–Crippen MR) is 126 cm³/mol. The van der Waals surface area contributed by atoms with Crippen molar-refractivity contribution in [2.75, 3.05) is 19.0 Å². The molecular formula is C23H23N7O6. The number of nitrogens with two attached hydrogens (primary N) is 1. The van der Waals surface area contributed by atoms with E-state index in [1.807, 2.05) is 6.92 Å². The number of carbonyl (C=O) groups is 2. The first-order valence-electron chi connectivity index (χ1n) is 10.7. The second-order valence-corrected chi connectivity index (χ2v) is 7.67. The number of nitrogens with one attached hydrogen (secondary N) is 1. The lowest BCUT2D eigenvalue weighted by Crippen LogP contribution is -2.18. The standard InChI is InChI=1S/C23H23N7O6/c1-13(12-33-3)34-16-8-14(22(32)26-19-6-7-30(2)28-19)9-17(10-16)35-15-4-5-18(25-11-15)23-27-21(20(24)31)29-36-23/h4-11,13H,12H2,1-3H3,(H2,24,31)(H,26,28,32)/t13-/m0/s1. The molecule has 0 aliphatic carbocycles. The molecule has 0 saturated heterocycles. The number of aryl methyl sites for hydroxylation is 1. The van der Waals surface area contributed by atoms with Crippen LogP contribution in [0.4, 0.5) is 5.82 Å². The number of hydrogen-bond donors (Lipinski definition) is 2. The van der Waals surface area contributed by atoms with Gasteiger partial charge in [-0.25, -0.2) is 4.98 Å². The second-order valence-electron chi connectivity index (χ2n) is 7.67. The predicted octanol–water partition coefficient (Wildman–Crippen LogP) is 2.42. The maximum absolute atomic E-state index is 12.9. The van der Waals surface area contributed by atoms with Gasteiger partial charge in [0.1, 0.15) is 29.0 Å². The number of ether oxygens (including phenoxy) is 3. The Balaban J connectivity index is 1.56. The molecule has 0 aliphatic rings. The number of carbonyl (C=O) groups excluding carboxylic acids is 2. The molecule has 0 saturated carbocycles. The molecule has 186 valence electrons. The molecule has 3 aromatic heterocycles. The van der Waals surface area contributed by atoms with Crippen LogP contribution in [-0.4, -0.2) is 56.5 Å². The Labute approximate surface area is 205 Å². The van der Waals surface area contributed by atoms with Crippen molar-refractivity contribution in [3.63, 3.8) is 0 Å². The summed E-state index contributed by atoms with van der Waals surface area (Å²) < 4.78 is 23.5. The van der Waals surface area contributed by atoms with Crippen LogP contribution in [0.1, 0.15) is 27.9 Å². The van der Waals surface area contributed by atoms with Gasteiger partial charge in [-0.1, -0.05) is 5.16 Å². The highest BCUT2D eigenvalue weighted by molar-refractivity contribution is 6.04. The van der Waals surface area contributed by atoms with Crippen molar-refractivity contribution in [2.45, 2.75) is 13.0 Å². The van der Waals surface area contributed by atoms with Crippen LogP contribution in [0.15, 0.2) is 53.3 Å². The van der Waals surface area contributed by atoms with E-state index >= 15 is 0 Å². The average Bonchev–Trinajstić information content (AvgIpc) is 3.49. The lowest BCUT2D eigenvalue weighted by molar-refractivity contribution is 0.0915. The number of benzene rings is 1. The van der Waals surface area contributed by atoms with Crippen LogP contribution in [0.25, 0.3) is 11.6 Å². The fraction of sp³-hybridized carbons (Fsp3) is 0.217. The minimum absolute atomic E-state index is 0.0337. The fourth-order valence-electron chi connectivity index (χ4n) is 3.13. The monoisotopic (exact) mass is 493 g/mol. The molecule has 36 heavy (non-hydrogen) atoms. The number of nitrogens with zero attached hydrogens (tertiary/aromatic N) is 5. The third-order valence-corrected chi connectivity index (χ3v) is 4.67. The molecule has 1 atom stereocenters. The van der Waals surface area contributed by atoms with Gasteiger partial charge in [0.15, 0.2) is 5.82 Å². The van der Waals surface area contributed by atoms with E-state index in [1.165, 1.54) is 6.20 Å². The quantitative estimate of drug-likeness (QED) is 0.334. The molecule has 2 amide bonds. The summed E-state index contributed by atoms with van der Waals surface area (Å²) in [6.45, 7) is 2.20. The molecular weight excluding hydrogens is 470 g/mol. The zero-order valence-electron chi connectivity index (χ0n) is 19.7. The van der Waals surface area contributed by atoms with Gasteiger partial charge in [-0.2, -0.15) is 10.1 Å². The van der Waals surface area contributed by atoms with Crippen molar-refractivity contribution < 1.29 is 28.3 Å². The summed E-state index contributed by atoms with van der Waals surface area (Å²) in [6.07, 6.45) is 2.88. The van der Waals surface area contributed by atoms with Gasteiger partial charge in [0.2, 0.25) is 0 Å². The zero-order chi connectivity index (χ0) is 25.7. The third-order valence-electron chi connectivity index (χ3n) is 4.67. The number of primary amides is 1. The smallest absolute Gasteiger partial charge is 0.290 e. The van der Waals surface area contributed by atoms with Gasteiger partial charge in [-0.05, 0) is 31.2 Å². The molecule has 0 bridgehead atoms. The Bertz CT molecular complexity index is 1370. The lowest BCUT2D eigenvalue weighted by Gasteiger charge is -2.16. The van der Waals surface area contributed by atoms with E-state index in [9.17, 15) is 9.59 Å². The molecule has 4 rings (SSSR count). The van der Waals surface area contributed by atoms with Gasteiger partial charge in [0, 0.05) is 38.1 Å². The molecule has 0 spiro atoms. The number of hydrogen-bond acceptors (Lipinski definition) is 10. The minimum Gasteiger partial charge on any atom is -0.488 e. The van der Waals surface area contributed by atoms with E-state index in [0.717, 1.165) is 0 Å². The van der Waals surface area contributed by atoms with E-state index in [2.05, 4.69) is 25.5 Å². The minimum atomic E-state index is -0.810. The highest BCUT2D eigenvalue weighted by Gasteiger charge is 2.16. The maximum Gasteiger partial charge on any atom is 0.290 e. The summed E-state index contributed by atoms with van der Waals surface area (Å²) >= 11 is 0. The fourth-order valence-corrected chi connectivity index (χ4v) is 3.13. The summed E-state index contributed by atoms with van der Waals surface area (Å²) in [5.41, 5.74) is 5.76. The van der Waals surface area contributed by atoms with Crippen LogP contribution < -0.4 is 20.5 Å². The van der Waals surface area contributed by atoms with Gasteiger partial charge in [-0.15, -0.1) is 0 Å². The highest BCUT2D eigenvalue weighted by Crippen LogP contribution is 2.29. The van der Waals surface area contributed by atoms with Crippen molar-refractivity contribution in [3.8, 4) is 28.8 Å². The molecule has 0 unspecified atom stereocenters. The van der Waals surface area contributed by atoms with Gasteiger partial charge >= 0.3 is 0 Å². The SMILES string of the molecule is COC[C@H](C)Oc1cc(Oc2ccc(-c3nc(C(N)=O)no3)nc2)cc(C(=O)Nc2ccn(C)n2)c1. The molecule has 1 aromatic carbocycles. The summed E-state index contributed by atoms with van der Waals surface area (Å²) in [4.78, 5) is 32.1. The summed E-state index contributed by atoms with van der Waals surface area (Å²) in [5.74, 6) is 0.114. The molecule has 0 radical (unpaired) electrons. The van der Waals surface area contributed by atoms with Crippen LogP contribution in [-0.2, 0) is 11.8 Å². The molecule has 0 aliphatic heterocycles. The molecule has 0 fully saturated rings. The number of amides is 2. The summed E-state index contributed by atoms with van der Waals surface area (Å²) in [6, 6.07) is 9.68. The van der Waals surface area contributed by atoms with Crippen LogP contribution in [0.2, 0.25) is 0 Å². The Kier molecular flexibility index (Phi) is 7.20. The molecule has 13 heteroatoms. The van der Waals surface area contributed by atoms with Crippen molar-refractivity contribution in [3.05, 3.63) is 60.2 Å². The van der Waals surface area contributed by atoms with Crippen LogP contribution in [0.3, 0.4) is 0 Å². The van der Waals surface area contributed by atoms with Crippen molar-refractivity contribution in [1.82, 2.24) is 24.9 Å². The topological polar surface area (TPSA) is 170 Å². The second kappa shape index (κ2) is 10.7. The lowest BCUT2D eigenvalue weighted by atomic mass is 10.2. The highest BCUT2D eigenvalue weighted by atomic mass is 16.5. The van der Waals surface area contributed by atoms with Crippen LogP contribution >= 0.6 is 0 Å². The van der Waals surface area contributed by atoms with Gasteiger partial charge < -0.3 is 29.8 Å². The van der Waals surface area contributed by atoms with E-state index in [0.29, 0.717) is 40.9 Å². The summed E-state index contributed by atoms with van der Waals surface area (Å²) in [5, 5.41) is 10.4. The third kappa shape index (κ3) is 6.01. The van der Waals surface area contributed by atoms with Crippen LogP contribution in [0, 0.1) is 0 Å². The average molecular weight is 493 g/mol. The Hall–Kier alpha value is -4.78. The number of anilines is 1. The molecule has 4 aromatic rings. The Morgan fingerprint density at radius 2 is 1.97 bits per heavy atom. The number of aromatic nitrogens is 5. The summed E-state index contributed by atoms with van der Waals surface area (Å²) in [7, 11) is 3.33. The number of rotatable bonds is 10. The van der Waals surface area contributed by atoms with Crippen molar-refractivity contribution in [1.29, 1.82) is 0 Å².